The molecule has 0 spiro atoms. The number of amides is 1. The number of carbonyl (C=O) groups is 1. The fourth-order valence-corrected chi connectivity index (χ4v) is 1.00. The summed E-state index contributed by atoms with van der Waals surface area (Å²) < 4.78 is 0. The van der Waals surface area contributed by atoms with Crippen LogP contribution in [-0.4, -0.2) is 24.5 Å². The van der Waals surface area contributed by atoms with Crippen LogP contribution in [0.25, 0.3) is 0 Å². The maximum Gasteiger partial charge on any atom is 0.237 e. The second kappa shape index (κ2) is 5.45. The number of rotatable bonds is 3. The topological polar surface area (TPSA) is 41.1 Å². The Balaban J connectivity index is 0.00000144. The van der Waals surface area contributed by atoms with E-state index in [4.69, 9.17) is 0 Å². The van der Waals surface area contributed by atoms with Gasteiger partial charge >= 0.3 is 0 Å². The summed E-state index contributed by atoms with van der Waals surface area (Å²) in [4.78, 5) is 11.4. The smallest absolute Gasteiger partial charge is 0.237 e. The molecular weight excluding hydrogens is 188 g/mol. The highest BCUT2D eigenvalue weighted by Gasteiger charge is 2.25. The van der Waals surface area contributed by atoms with Crippen LogP contribution in [0.5, 0.6) is 0 Å². The second-order valence-electron chi connectivity index (χ2n) is 3.84. The van der Waals surface area contributed by atoms with Gasteiger partial charge in [-0.2, -0.15) is 0 Å². The molecule has 2 N–H and O–H groups in total. The van der Waals surface area contributed by atoms with Crippen LogP contribution in [0, 0.1) is 5.92 Å². The summed E-state index contributed by atoms with van der Waals surface area (Å²) in [5.41, 5.74) is 0. The lowest BCUT2D eigenvalue weighted by Crippen LogP contribution is -2.55. The minimum absolute atomic E-state index is 0. The van der Waals surface area contributed by atoms with Crippen molar-refractivity contribution in [2.45, 2.75) is 39.3 Å². The molecule has 0 aromatic rings. The van der Waals surface area contributed by atoms with Gasteiger partial charge in [-0.15, -0.1) is 12.4 Å². The molecule has 0 aromatic heterocycles. The highest BCUT2D eigenvalue weighted by Crippen LogP contribution is 2.04. The Labute approximate surface area is 86.1 Å². The third kappa shape index (κ3) is 3.53. The zero-order valence-electron chi connectivity index (χ0n) is 8.46. The molecule has 3 nitrogen and oxygen atoms in total. The molecular formula is C9H19ClN2O. The van der Waals surface area contributed by atoms with Crippen molar-refractivity contribution in [1.82, 2.24) is 10.6 Å². The summed E-state index contributed by atoms with van der Waals surface area (Å²) in [7, 11) is 0. The van der Waals surface area contributed by atoms with Gasteiger partial charge in [-0.3, -0.25) is 4.79 Å². The van der Waals surface area contributed by atoms with Crippen molar-refractivity contribution < 1.29 is 4.79 Å². The molecule has 1 fully saturated rings. The normalized spacial score (nSPS) is 22.9. The van der Waals surface area contributed by atoms with E-state index < -0.39 is 0 Å². The van der Waals surface area contributed by atoms with Gasteiger partial charge in [-0.1, -0.05) is 13.8 Å². The standard InChI is InChI=1S/C9H18N2O.ClH/c1-6(2)7(3)11-9(12)8-4-5-10-8;/h6-8,10H,4-5H2,1-3H3,(H,11,12);1H/t7?,8-;/m1./s1. The van der Waals surface area contributed by atoms with Gasteiger partial charge in [0.25, 0.3) is 0 Å². The van der Waals surface area contributed by atoms with Crippen molar-refractivity contribution in [2.75, 3.05) is 6.54 Å². The van der Waals surface area contributed by atoms with Gasteiger partial charge in [0.15, 0.2) is 0 Å². The van der Waals surface area contributed by atoms with Crippen LogP contribution in [0.2, 0.25) is 0 Å². The van der Waals surface area contributed by atoms with E-state index >= 15 is 0 Å². The molecule has 0 aromatic carbocycles. The zero-order valence-corrected chi connectivity index (χ0v) is 9.28. The van der Waals surface area contributed by atoms with Crippen molar-refractivity contribution in [3.63, 3.8) is 0 Å². The molecule has 0 saturated carbocycles. The molecule has 1 amide bonds. The van der Waals surface area contributed by atoms with E-state index in [2.05, 4.69) is 24.5 Å². The molecule has 1 unspecified atom stereocenters. The van der Waals surface area contributed by atoms with Gasteiger partial charge in [0.1, 0.15) is 0 Å². The van der Waals surface area contributed by atoms with Gasteiger partial charge in [0.05, 0.1) is 6.04 Å². The van der Waals surface area contributed by atoms with Crippen LogP contribution in [0.4, 0.5) is 0 Å². The SMILES string of the molecule is CC(C)C(C)NC(=O)[C@H]1CCN1.Cl. The molecule has 1 rings (SSSR count). The Morgan fingerprint density at radius 2 is 2.00 bits per heavy atom. The molecule has 1 aliphatic heterocycles. The summed E-state index contributed by atoms with van der Waals surface area (Å²) in [5.74, 6) is 0.663. The Kier molecular flexibility index (Phi) is 5.33. The molecule has 0 aliphatic carbocycles. The molecule has 2 atom stereocenters. The molecule has 4 heteroatoms. The zero-order chi connectivity index (χ0) is 9.14. The molecule has 0 radical (unpaired) electrons. The number of hydrogen-bond donors (Lipinski definition) is 2. The maximum absolute atomic E-state index is 11.4. The van der Waals surface area contributed by atoms with Gasteiger partial charge in [0, 0.05) is 6.04 Å². The van der Waals surface area contributed by atoms with E-state index in [-0.39, 0.29) is 30.4 Å². The monoisotopic (exact) mass is 206 g/mol. The van der Waals surface area contributed by atoms with Gasteiger partial charge in [-0.05, 0) is 25.8 Å². The summed E-state index contributed by atoms with van der Waals surface area (Å²) in [5, 5.41) is 6.06. The van der Waals surface area contributed by atoms with Crippen molar-refractivity contribution in [2.24, 2.45) is 5.92 Å². The lowest BCUT2D eigenvalue weighted by atomic mass is 10.0. The van der Waals surface area contributed by atoms with Crippen LogP contribution >= 0.6 is 12.4 Å². The van der Waals surface area contributed by atoms with E-state index in [1.54, 1.807) is 0 Å². The van der Waals surface area contributed by atoms with Crippen LogP contribution in [0.15, 0.2) is 0 Å². The second-order valence-corrected chi connectivity index (χ2v) is 3.84. The largest absolute Gasteiger partial charge is 0.352 e. The number of halogens is 1. The predicted molar refractivity (Wildman–Crippen MR) is 56.1 cm³/mol. The maximum atomic E-state index is 11.4. The van der Waals surface area contributed by atoms with Crippen LogP contribution in [0.3, 0.4) is 0 Å². The van der Waals surface area contributed by atoms with Gasteiger partial charge in [0.2, 0.25) is 5.91 Å². The summed E-state index contributed by atoms with van der Waals surface area (Å²) >= 11 is 0. The molecule has 1 heterocycles. The van der Waals surface area contributed by atoms with E-state index in [1.807, 2.05) is 6.92 Å². The van der Waals surface area contributed by atoms with Crippen molar-refractivity contribution >= 4 is 18.3 Å². The van der Waals surface area contributed by atoms with E-state index in [0.717, 1.165) is 13.0 Å². The first-order chi connectivity index (χ1) is 5.61. The van der Waals surface area contributed by atoms with Crippen LogP contribution in [-0.2, 0) is 4.79 Å². The Bertz CT molecular complexity index is 169. The molecule has 78 valence electrons. The molecule has 13 heavy (non-hydrogen) atoms. The highest BCUT2D eigenvalue weighted by molar-refractivity contribution is 5.85. The Hall–Kier alpha value is -0.280. The number of hydrogen-bond acceptors (Lipinski definition) is 2. The van der Waals surface area contributed by atoms with E-state index in [1.165, 1.54) is 0 Å². The van der Waals surface area contributed by atoms with Crippen molar-refractivity contribution in [1.29, 1.82) is 0 Å². The van der Waals surface area contributed by atoms with Crippen molar-refractivity contribution in [3.05, 3.63) is 0 Å². The first-order valence-electron chi connectivity index (χ1n) is 4.65. The minimum Gasteiger partial charge on any atom is -0.352 e. The van der Waals surface area contributed by atoms with Gasteiger partial charge in [-0.25, -0.2) is 0 Å². The number of nitrogens with one attached hydrogen (secondary N) is 2. The van der Waals surface area contributed by atoms with Gasteiger partial charge < -0.3 is 10.6 Å². The first-order valence-corrected chi connectivity index (χ1v) is 4.65. The molecule has 0 bridgehead atoms. The summed E-state index contributed by atoms with van der Waals surface area (Å²) in [6.45, 7) is 7.24. The average Bonchev–Trinajstić information content (AvgIpc) is 1.82. The Morgan fingerprint density at radius 1 is 1.46 bits per heavy atom. The minimum atomic E-state index is 0. The van der Waals surface area contributed by atoms with Crippen LogP contribution in [0.1, 0.15) is 27.2 Å². The lowest BCUT2D eigenvalue weighted by molar-refractivity contribution is -0.125. The quantitative estimate of drug-likeness (QED) is 0.722. The van der Waals surface area contributed by atoms with Crippen LogP contribution < -0.4 is 10.6 Å². The summed E-state index contributed by atoms with van der Waals surface area (Å²) in [6.07, 6.45) is 0.983. The third-order valence-corrected chi connectivity index (χ3v) is 2.51. The summed E-state index contributed by atoms with van der Waals surface area (Å²) in [6, 6.07) is 0.353. The fourth-order valence-electron chi connectivity index (χ4n) is 1.00. The predicted octanol–water partition coefficient (Wildman–Crippen LogP) is 0.931. The Morgan fingerprint density at radius 3 is 2.31 bits per heavy atom. The lowest BCUT2D eigenvalue weighted by Gasteiger charge is -2.28. The third-order valence-electron chi connectivity index (χ3n) is 2.51. The fraction of sp³-hybridized carbons (Fsp3) is 0.889. The highest BCUT2D eigenvalue weighted by atomic mass is 35.5. The molecule has 1 aliphatic rings. The first kappa shape index (κ1) is 12.7. The van der Waals surface area contributed by atoms with Crippen molar-refractivity contribution in [3.8, 4) is 0 Å². The van der Waals surface area contributed by atoms with E-state index in [0.29, 0.717) is 5.92 Å². The average molecular weight is 207 g/mol. The number of carbonyl (C=O) groups excluding carboxylic acids is 1. The molecule has 1 saturated heterocycles. The van der Waals surface area contributed by atoms with E-state index in [9.17, 15) is 4.79 Å².